The highest BCUT2D eigenvalue weighted by molar-refractivity contribution is 5.85. The van der Waals surface area contributed by atoms with Crippen LogP contribution in [-0.2, 0) is 14.3 Å². The molecule has 1 heterocycles. The van der Waals surface area contributed by atoms with E-state index in [1.165, 1.54) is 0 Å². The van der Waals surface area contributed by atoms with Crippen molar-refractivity contribution in [3.8, 4) is 0 Å². The van der Waals surface area contributed by atoms with Gasteiger partial charge < -0.3 is 19.8 Å². The molecule has 0 bridgehead atoms. The Balaban J connectivity index is 2.56. The molecule has 1 amide bonds. The summed E-state index contributed by atoms with van der Waals surface area (Å²) in [4.78, 5) is 23.7. The van der Waals surface area contributed by atoms with E-state index in [0.29, 0.717) is 0 Å². The molecule has 1 aliphatic heterocycles. The van der Waals surface area contributed by atoms with Crippen LogP contribution in [0, 0.1) is 0 Å². The number of amides is 1. The number of ether oxygens (including phenoxy) is 1. The summed E-state index contributed by atoms with van der Waals surface area (Å²) in [5, 5.41) is 18.2. The Morgan fingerprint density at radius 1 is 1.50 bits per heavy atom. The van der Waals surface area contributed by atoms with Crippen LogP contribution in [0.2, 0.25) is 0 Å². The highest BCUT2D eigenvalue weighted by Crippen LogP contribution is 2.18. The van der Waals surface area contributed by atoms with Crippen molar-refractivity contribution in [3.63, 3.8) is 0 Å². The quantitative estimate of drug-likeness (QED) is 0.678. The minimum atomic E-state index is -1.09. The maximum absolute atomic E-state index is 11.6. The number of carbonyl (C=O) groups excluding carboxylic acids is 1. The molecule has 0 aromatic carbocycles. The number of hydrogen-bond donors (Lipinski definition) is 2. The summed E-state index contributed by atoms with van der Waals surface area (Å²) in [7, 11) is 0. The van der Waals surface area contributed by atoms with Crippen LogP contribution >= 0.6 is 0 Å². The molecule has 0 aromatic rings. The number of aliphatic hydroxyl groups is 1. The van der Waals surface area contributed by atoms with Crippen LogP contribution in [0.25, 0.3) is 0 Å². The fourth-order valence-corrected chi connectivity index (χ4v) is 1.64. The van der Waals surface area contributed by atoms with Crippen molar-refractivity contribution in [2.24, 2.45) is 0 Å². The minimum Gasteiger partial charge on any atom is -0.480 e. The van der Waals surface area contributed by atoms with Gasteiger partial charge in [-0.25, -0.2) is 4.79 Å². The Morgan fingerprint density at radius 2 is 2.12 bits per heavy atom. The molecular weight excluding hydrogens is 214 g/mol. The zero-order valence-electron chi connectivity index (χ0n) is 9.42. The van der Waals surface area contributed by atoms with E-state index in [0.717, 1.165) is 4.90 Å². The van der Waals surface area contributed by atoms with Gasteiger partial charge in [0.05, 0.1) is 12.2 Å². The van der Waals surface area contributed by atoms with Gasteiger partial charge in [0.2, 0.25) is 5.91 Å². The second-order valence-electron chi connectivity index (χ2n) is 4.15. The topological polar surface area (TPSA) is 87.1 Å². The molecule has 6 heteroatoms. The zero-order valence-corrected chi connectivity index (χ0v) is 9.42. The summed E-state index contributed by atoms with van der Waals surface area (Å²) in [6.07, 6.45) is -0.758. The van der Waals surface area contributed by atoms with E-state index in [1.807, 2.05) is 0 Å². The molecule has 0 aliphatic carbocycles. The first-order valence-corrected chi connectivity index (χ1v) is 5.23. The summed E-state index contributed by atoms with van der Waals surface area (Å²) in [6.45, 7) is 3.51. The van der Waals surface area contributed by atoms with Gasteiger partial charge >= 0.3 is 5.97 Å². The van der Waals surface area contributed by atoms with Gasteiger partial charge in [-0.05, 0) is 13.8 Å². The normalized spacial score (nSPS) is 25.1. The maximum Gasteiger partial charge on any atom is 0.326 e. The molecule has 2 atom stereocenters. The van der Waals surface area contributed by atoms with Crippen molar-refractivity contribution in [1.29, 1.82) is 0 Å². The molecule has 2 N–H and O–H groups in total. The number of carboxylic acids is 1. The van der Waals surface area contributed by atoms with E-state index in [9.17, 15) is 14.7 Å². The van der Waals surface area contributed by atoms with Crippen molar-refractivity contribution >= 4 is 11.9 Å². The molecule has 0 aromatic heterocycles. The molecule has 1 fully saturated rings. The lowest BCUT2D eigenvalue weighted by molar-refractivity contribution is -0.150. The number of aliphatic carboxylic acids is 1. The number of likely N-dealkylation sites (tertiary alicyclic amines) is 1. The van der Waals surface area contributed by atoms with E-state index in [-0.39, 0.29) is 25.7 Å². The van der Waals surface area contributed by atoms with Gasteiger partial charge in [-0.1, -0.05) is 0 Å². The monoisotopic (exact) mass is 231 g/mol. The maximum atomic E-state index is 11.6. The SMILES string of the molecule is CC(C)OCC(=O)N1C[C@H](O)C[C@@H]1C(=O)O. The average molecular weight is 231 g/mol. The van der Waals surface area contributed by atoms with Crippen molar-refractivity contribution < 1.29 is 24.5 Å². The fourth-order valence-electron chi connectivity index (χ4n) is 1.64. The Kier molecular flexibility index (Phi) is 4.26. The van der Waals surface area contributed by atoms with Gasteiger partial charge in [-0.15, -0.1) is 0 Å². The number of carboxylic acid groups (broad SMARTS) is 1. The Bertz CT molecular complexity index is 278. The first-order chi connectivity index (χ1) is 7.41. The summed E-state index contributed by atoms with van der Waals surface area (Å²) < 4.78 is 5.11. The van der Waals surface area contributed by atoms with Gasteiger partial charge in [0.25, 0.3) is 0 Å². The predicted octanol–water partition coefficient (Wildman–Crippen LogP) is -0.542. The van der Waals surface area contributed by atoms with Gasteiger partial charge in [0.1, 0.15) is 12.6 Å². The van der Waals surface area contributed by atoms with Gasteiger partial charge in [-0.2, -0.15) is 0 Å². The highest BCUT2D eigenvalue weighted by Gasteiger charge is 2.38. The second-order valence-corrected chi connectivity index (χ2v) is 4.15. The van der Waals surface area contributed by atoms with E-state index in [4.69, 9.17) is 9.84 Å². The Labute approximate surface area is 93.8 Å². The molecule has 16 heavy (non-hydrogen) atoms. The van der Waals surface area contributed by atoms with Crippen molar-refractivity contribution in [1.82, 2.24) is 4.90 Å². The largest absolute Gasteiger partial charge is 0.480 e. The van der Waals surface area contributed by atoms with Crippen molar-refractivity contribution in [2.75, 3.05) is 13.2 Å². The van der Waals surface area contributed by atoms with E-state index >= 15 is 0 Å². The van der Waals surface area contributed by atoms with Gasteiger partial charge in [0, 0.05) is 13.0 Å². The summed E-state index contributed by atoms with van der Waals surface area (Å²) in [5.74, 6) is -1.48. The summed E-state index contributed by atoms with van der Waals surface area (Å²) >= 11 is 0. The van der Waals surface area contributed by atoms with E-state index < -0.39 is 24.0 Å². The number of aliphatic hydroxyl groups excluding tert-OH is 1. The van der Waals surface area contributed by atoms with Crippen LogP contribution in [0.3, 0.4) is 0 Å². The first-order valence-electron chi connectivity index (χ1n) is 5.23. The number of carbonyl (C=O) groups is 2. The molecule has 0 saturated carbocycles. The molecule has 0 spiro atoms. The number of hydrogen-bond acceptors (Lipinski definition) is 4. The van der Waals surface area contributed by atoms with Gasteiger partial charge in [-0.3, -0.25) is 4.79 Å². The lowest BCUT2D eigenvalue weighted by Crippen LogP contribution is -2.42. The minimum absolute atomic E-state index is 0.0667. The third kappa shape index (κ3) is 3.18. The number of β-amino-alcohol motifs (C(OH)–C–C–N with tert-alkyl or cyclic N) is 1. The first kappa shape index (κ1) is 12.9. The van der Waals surface area contributed by atoms with Crippen molar-refractivity contribution in [3.05, 3.63) is 0 Å². The van der Waals surface area contributed by atoms with Crippen molar-refractivity contribution in [2.45, 2.75) is 38.5 Å². The Hall–Kier alpha value is -1.14. The third-order valence-corrected chi connectivity index (χ3v) is 2.42. The Morgan fingerprint density at radius 3 is 2.62 bits per heavy atom. The zero-order chi connectivity index (χ0) is 12.3. The molecule has 92 valence electrons. The van der Waals surface area contributed by atoms with Crippen LogP contribution in [-0.4, -0.2) is 58.4 Å². The molecular formula is C10H17NO5. The van der Waals surface area contributed by atoms with Gasteiger partial charge in [0.15, 0.2) is 0 Å². The van der Waals surface area contributed by atoms with Crippen LogP contribution in [0.5, 0.6) is 0 Å². The summed E-state index contributed by atoms with van der Waals surface area (Å²) in [6, 6.07) is -0.932. The molecule has 0 unspecified atom stereocenters. The standard InChI is InChI=1S/C10H17NO5/c1-6(2)16-5-9(13)11-4-7(12)3-8(11)10(14)15/h6-8,12H,3-5H2,1-2H3,(H,14,15)/t7-,8-/m1/s1. The molecule has 1 rings (SSSR count). The van der Waals surface area contributed by atoms with Crippen LogP contribution in [0.4, 0.5) is 0 Å². The lowest BCUT2D eigenvalue weighted by Gasteiger charge is -2.21. The number of nitrogens with zero attached hydrogens (tertiary/aromatic N) is 1. The second kappa shape index (κ2) is 5.27. The highest BCUT2D eigenvalue weighted by atomic mass is 16.5. The smallest absolute Gasteiger partial charge is 0.326 e. The molecule has 6 nitrogen and oxygen atoms in total. The molecule has 1 aliphatic rings. The summed E-state index contributed by atoms with van der Waals surface area (Å²) in [5.41, 5.74) is 0. The fraction of sp³-hybridized carbons (Fsp3) is 0.800. The van der Waals surface area contributed by atoms with Crippen LogP contribution in [0.1, 0.15) is 20.3 Å². The van der Waals surface area contributed by atoms with E-state index in [1.54, 1.807) is 13.8 Å². The van der Waals surface area contributed by atoms with E-state index in [2.05, 4.69) is 0 Å². The molecule has 0 radical (unpaired) electrons. The molecule has 1 saturated heterocycles. The van der Waals surface area contributed by atoms with Crippen LogP contribution in [0.15, 0.2) is 0 Å². The third-order valence-electron chi connectivity index (χ3n) is 2.42. The lowest BCUT2D eigenvalue weighted by atomic mass is 10.2. The average Bonchev–Trinajstić information content (AvgIpc) is 2.56. The van der Waals surface area contributed by atoms with Crippen LogP contribution < -0.4 is 0 Å². The predicted molar refractivity (Wildman–Crippen MR) is 54.8 cm³/mol. The number of rotatable bonds is 4.